The Hall–Kier alpha value is -4.66. The molecule has 1 saturated heterocycles. The molecule has 0 aromatic heterocycles. The first kappa shape index (κ1) is 28.5. The standard InChI is InChI=1S/C34H34N2O7/c1-18(2)15-25(34(40)43-17-27(37)35-24-14-13-19(41-3)16-26(24)42-4)36-32(38)30-28-20-9-5-6-10-21(20)29(31(30)33(36)39)23-12-8-7-11-22(23)28/h5-14,16,18,25,28-31H,15,17H2,1-4H3,(H,35,37)/t25-,28?,29?,30-,31-/m0/s1. The first-order valence-electron chi connectivity index (χ1n) is 14.5. The van der Waals surface area contributed by atoms with Gasteiger partial charge in [0.15, 0.2) is 6.61 Å². The van der Waals surface area contributed by atoms with Crippen molar-refractivity contribution in [2.24, 2.45) is 17.8 Å². The van der Waals surface area contributed by atoms with Gasteiger partial charge in [-0.3, -0.25) is 19.3 Å². The maximum atomic E-state index is 14.2. The van der Waals surface area contributed by atoms with Crippen LogP contribution in [0.3, 0.4) is 0 Å². The number of benzene rings is 3. The third kappa shape index (κ3) is 4.73. The topological polar surface area (TPSA) is 111 Å². The average molecular weight is 583 g/mol. The van der Waals surface area contributed by atoms with E-state index in [2.05, 4.69) is 5.32 Å². The van der Waals surface area contributed by atoms with Gasteiger partial charge < -0.3 is 19.5 Å². The fourth-order valence-corrected chi connectivity index (χ4v) is 7.08. The number of carbonyl (C=O) groups excluding carboxylic acids is 4. The molecule has 3 atom stereocenters. The minimum atomic E-state index is -1.14. The van der Waals surface area contributed by atoms with Crippen molar-refractivity contribution in [2.75, 3.05) is 26.1 Å². The predicted molar refractivity (Wildman–Crippen MR) is 158 cm³/mol. The highest BCUT2D eigenvalue weighted by atomic mass is 16.5. The SMILES string of the molecule is COc1ccc(NC(=O)COC(=O)[C@H](CC(C)C)N2C(=O)[C@H]3C4c5ccccc5C(c5ccccc54)[C@@H]3C2=O)c(OC)c1. The molecule has 3 aliphatic carbocycles. The van der Waals surface area contributed by atoms with E-state index in [0.717, 1.165) is 27.2 Å². The largest absolute Gasteiger partial charge is 0.497 e. The molecule has 2 bridgehead atoms. The smallest absolute Gasteiger partial charge is 0.329 e. The molecule has 43 heavy (non-hydrogen) atoms. The second kappa shape index (κ2) is 11.2. The number of hydrogen-bond donors (Lipinski definition) is 1. The second-order valence-electron chi connectivity index (χ2n) is 11.7. The normalized spacial score (nSPS) is 22.0. The van der Waals surface area contributed by atoms with E-state index in [1.54, 1.807) is 18.2 Å². The molecule has 1 N–H and O–H groups in total. The number of anilines is 1. The summed E-state index contributed by atoms with van der Waals surface area (Å²) in [6, 6.07) is 19.8. The molecule has 3 amide bonds. The van der Waals surface area contributed by atoms with Crippen LogP contribution in [0.4, 0.5) is 5.69 Å². The summed E-state index contributed by atoms with van der Waals surface area (Å²) in [6.07, 6.45) is 0.221. The number of esters is 1. The Balaban J connectivity index is 1.24. The van der Waals surface area contributed by atoms with Gasteiger partial charge in [-0.25, -0.2) is 4.79 Å². The van der Waals surface area contributed by atoms with E-state index in [-0.39, 0.29) is 36.0 Å². The first-order valence-corrected chi connectivity index (χ1v) is 14.5. The molecule has 0 spiro atoms. The van der Waals surface area contributed by atoms with Crippen molar-refractivity contribution in [1.29, 1.82) is 0 Å². The number of ether oxygens (including phenoxy) is 3. The Labute approximate surface area is 250 Å². The molecule has 1 aliphatic heterocycles. The zero-order valence-corrected chi connectivity index (χ0v) is 24.5. The molecule has 3 aromatic rings. The fourth-order valence-electron chi connectivity index (χ4n) is 7.08. The second-order valence-corrected chi connectivity index (χ2v) is 11.7. The van der Waals surface area contributed by atoms with Crippen LogP contribution in [0.2, 0.25) is 0 Å². The summed E-state index contributed by atoms with van der Waals surface area (Å²) < 4.78 is 16.0. The Morgan fingerprint density at radius 1 is 0.814 bits per heavy atom. The lowest BCUT2D eigenvalue weighted by Gasteiger charge is -2.45. The Kier molecular flexibility index (Phi) is 7.42. The molecule has 4 aliphatic rings. The number of likely N-dealkylation sites (tertiary alicyclic amines) is 1. The van der Waals surface area contributed by atoms with Crippen molar-refractivity contribution < 1.29 is 33.4 Å². The van der Waals surface area contributed by atoms with E-state index >= 15 is 0 Å². The van der Waals surface area contributed by atoms with E-state index in [1.807, 2.05) is 62.4 Å². The van der Waals surface area contributed by atoms with Gasteiger partial charge in [0, 0.05) is 17.9 Å². The molecule has 0 saturated carbocycles. The molecule has 1 heterocycles. The van der Waals surface area contributed by atoms with Crippen LogP contribution in [0.5, 0.6) is 11.5 Å². The van der Waals surface area contributed by atoms with Crippen molar-refractivity contribution in [2.45, 2.75) is 38.1 Å². The predicted octanol–water partition coefficient (Wildman–Crippen LogP) is 4.49. The molecule has 7 rings (SSSR count). The minimum absolute atomic E-state index is 0.0238. The highest BCUT2D eigenvalue weighted by molar-refractivity contribution is 6.10. The quantitative estimate of drug-likeness (QED) is 0.292. The average Bonchev–Trinajstić information content (AvgIpc) is 3.28. The maximum absolute atomic E-state index is 14.2. The number of hydrogen-bond acceptors (Lipinski definition) is 7. The van der Waals surface area contributed by atoms with Gasteiger partial charge in [-0.15, -0.1) is 0 Å². The van der Waals surface area contributed by atoms with Crippen LogP contribution in [-0.2, 0) is 23.9 Å². The number of nitrogens with zero attached hydrogens (tertiary/aromatic N) is 1. The van der Waals surface area contributed by atoms with Crippen LogP contribution >= 0.6 is 0 Å². The van der Waals surface area contributed by atoms with Gasteiger partial charge in [0.2, 0.25) is 11.8 Å². The number of methoxy groups -OCH3 is 2. The fraction of sp³-hybridized carbons (Fsp3) is 0.353. The number of carbonyl (C=O) groups is 4. The lowest BCUT2D eigenvalue weighted by molar-refractivity contribution is -0.160. The zero-order chi connectivity index (χ0) is 30.4. The van der Waals surface area contributed by atoms with Crippen molar-refractivity contribution in [3.8, 4) is 11.5 Å². The summed E-state index contributed by atoms with van der Waals surface area (Å²) >= 11 is 0. The minimum Gasteiger partial charge on any atom is -0.497 e. The summed E-state index contributed by atoms with van der Waals surface area (Å²) in [7, 11) is 2.99. The molecule has 1 fully saturated rings. The van der Waals surface area contributed by atoms with Gasteiger partial charge in [-0.05, 0) is 46.7 Å². The van der Waals surface area contributed by atoms with E-state index in [0.29, 0.717) is 17.2 Å². The molecule has 9 heteroatoms. The van der Waals surface area contributed by atoms with Crippen LogP contribution in [0, 0.1) is 17.8 Å². The monoisotopic (exact) mass is 582 g/mol. The van der Waals surface area contributed by atoms with Crippen molar-refractivity contribution >= 4 is 29.4 Å². The van der Waals surface area contributed by atoms with E-state index in [1.165, 1.54) is 14.2 Å². The number of amides is 3. The lowest BCUT2D eigenvalue weighted by atomic mass is 9.55. The van der Waals surface area contributed by atoms with Crippen LogP contribution in [0.25, 0.3) is 0 Å². The van der Waals surface area contributed by atoms with E-state index in [4.69, 9.17) is 14.2 Å². The highest BCUT2D eigenvalue weighted by Gasteiger charge is 2.63. The molecule has 222 valence electrons. The molecular formula is C34H34N2O7. The lowest BCUT2D eigenvalue weighted by Crippen LogP contribution is -2.47. The summed E-state index contributed by atoms with van der Waals surface area (Å²) in [5.74, 6) is -2.93. The van der Waals surface area contributed by atoms with E-state index in [9.17, 15) is 19.2 Å². The first-order chi connectivity index (χ1) is 20.7. The summed E-state index contributed by atoms with van der Waals surface area (Å²) in [6.45, 7) is 3.24. The number of imide groups is 1. The van der Waals surface area contributed by atoms with Crippen molar-refractivity contribution in [3.63, 3.8) is 0 Å². The highest BCUT2D eigenvalue weighted by Crippen LogP contribution is 2.61. The van der Waals surface area contributed by atoms with Gasteiger partial charge in [-0.1, -0.05) is 62.4 Å². The summed E-state index contributed by atoms with van der Waals surface area (Å²) in [5, 5.41) is 2.67. The number of nitrogens with one attached hydrogen (secondary N) is 1. The summed E-state index contributed by atoms with van der Waals surface area (Å²) in [5.41, 5.74) is 4.62. The van der Waals surface area contributed by atoms with Gasteiger partial charge >= 0.3 is 5.97 Å². The molecule has 3 aromatic carbocycles. The van der Waals surface area contributed by atoms with Gasteiger partial charge in [0.05, 0.1) is 31.7 Å². The zero-order valence-electron chi connectivity index (χ0n) is 24.5. The third-order valence-corrected chi connectivity index (χ3v) is 8.79. The Morgan fingerprint density at radius 3 is 1.81 bits per heavy atom. The summed E-state index contributed by atoms with van der Waals surface area (Å²) in [4.78, 5) is 55.8. The number of rotatable bonds is 9. The van der Waals surface area contributed by atoms with Crippen molar-refractivity contribution in [1.82, 2.24) is 4.90 Å². The van der Waals surface area contributed by atoms with Crippen LogP contribution in [0.15, 0.2) is 66.7 Å². The maximum Gasteiger partial charge on any atom is 0.329 e. The van der Waals surface area contributed by atoms with Crippen LogP contribution < -0.4 is 14.8 Å². The molecule has 0 radical (unpaired) electrons. The molecular weight excluding hydrogens is 548 g/mol. The third-order valence-electron chi connectivity index (χ3n) is 8.79. The molecule has 0 unspecified atom stereocenters. The Morgan fingerprint density at radius 2 is 1.35 bits per heavy atom. The molecule has 9 nitrogen and oxygen atoms in total. The van der Waals surface area contributed by atoms with Crippen molar-refractivity contribution in [3.05, 3.63) is 89.0 Å². The van der Waals surface area contributed by atoms with Gasteiger partial charge in [0.1, 0.15) is 17.5 Å². The van der Waals surface area contributed by atoms with Gasteiger partial charge in [-0.2, -0.15) is 0 Å². The van der Waals surface area contributed by atoms with Crippen LogP contribution in [0.1, 0.15) is 54.4 Å². The van der Waals surface area contributed by atoms with Gasteiger partial charge in [0.25, 0.3) is 5.91 Å². The van der Waals surface area contributed by atoms with Crippen LogP contribution in [-0.4, -0.2) is 55.5 Å². The van der Waals surface area contributed by atoms with E-state index < -0.39 is 36.4 Å². The Bertz CT molecular complexity index is 1500.